The molecule has 0 bridgehead atoms. The van der Waals surface area contributed by atoms with Crippen LogP contribution in [0.4, 0.5) is 0 Å². The fourth-order valence-electron chi connectivity index (χ4n) is 3.20. The van der Waals surface area contributed by atoms with Crippen molar-refractivity contribution in [1.82, 2.24) is 14.9 Å². The van der Waals surface area contributed by atoms with Gasteiger partial charge in [0.15, 0.2) is 4.77 Å². The number of amides is 1. The summed E-state index contributed by atoms with van der Waals surface area (Å²) in [6.45, 7) is 0.720. The molecule has 0 radical (unpaired) electrons. The number of aliphatic hydroxyl groups excluding tert-OH is 1. The lowest BCUT2D eigenvalue weighted by Crippen LogP contribution is -2.33. The zero-order valence-corrected chi connectivity index (χ0v) is 14.1. The third kappa shape index (κ3) is 3.57. The van der Waals surface area contributed by atoms with E-state index in [1.807, 2.05) is 6.07 Å². The molecule has 24 heavy (non-hydrogen) atoms. The fourth-order valence-corrected chi connectivity index (χ4v) is 3.49. The van der Waals surface area contributed by atoms with Crippen LogP contribution >= 0.6 is 12.2 Å². The number of aromatic amines is 1. The molecule has 0 aliphatic heterocycles. The first-order chi connectivity index (χ1) is 11.6. The van der Waals surface area contributed by atoms with Crippen LogP contribution in [0.25, 0.3) is 10.9 Å². The van der Waals surface area contributed by atoms with Gasteiger partial charge in [0.05, 0.1) is 17.0 Å². The minimum Gasteiger partial charge on any atom is -0.393 e. The van der Waals surface area contributed by atoms with Crippen LogP contribution in [0, 0.1) is 10.7 Å². The Labute approximate surface area is 144 Å². The van der Waals surface area contributed by atoms with E-state index in [0.29, 0.717) is 22.2 Å². The SMILES string of the molecule is O=C(CCn1c(=S)[nH]c2ccccc2c1=O)NC[C@@H]1CCC[C@@H]1O. The van der Waals surface area contributed by atoms with Crippen molar-refractivity contribution in [3.8, 4) is 0 Å². The number of benzene rings is 1. The lowest BCUT2D eigenvalue weighted by molar-refractivity contribution is -0.121. The summed E-state index contributed by atoms with van der Waals surface area (Å²) in [5.41, 5.74) is 0.511. The number of fused-ring (bicyclic) bond motifs is 1. The van der Waals surface area contributed by atoms with Crippen molar-refractivity contribution in [2.45, 2.75) is 38.3 Å². The molecule has 0 saturated heterocycles. The maximum Gasteiger partial charge on any atom is 0.262 e. The van der Waals surface area contributed by atoms with Gasteiger partial charge in [-0.15, -0.1) is 0 Å². The zero-order valence-electron chi connectivity index (χ0n) is 13.3. The van der Waals surface area contributed by atoms with E-state index in [-0.39, 0.29) is 36.5 Å². The van der Waals surface area contributed by atoms with Gasteiger partial charge in [-0.25, -0.2) is 0 Å². The van der Waals surface area contributed by atoms with Crippen LogP contribution in [0.1, 0.15) is 25.7 Å². The van der Waals surface area contributed by atoms with Gasteiger partial charge in [-0.05, 0) is 37.2 Å². The molecule has 3 rings (SSSR count). The number of nitrogens with zero attached hydrogens (tertiary/aromatic N) is 1. The van der Waals surface area contributed by atoms with Crippen LogP contribution in [-0.2, 0) is 11.3 Å². The van der Waals surface area contributed by atoms with Crippen molar-refractivity contribution in [1.29, 1.82) is 0 Å². The minimum absolute atomic E-state index is 0.136. The third-order valence-corrected chi connectivity index (χ3v) is 4.95. The number of carbonyl (C=O) groups is 1. The topological polar surface area (TPSA) is 87.1 Å². The summed E-state index contributed by atoms with van der Waals surface area (Å²) in [6.07, 6.45) is 2.61. The van der Waals surface area contributed by atoms with Crippen molar-refractivity contribution in [2.24, 2.45) is 5.92 Å². The highest BCUT2D eigenvalue weighted by Crippen LogP contribution is 2.24. The standard InChI is InChI=1S/C17H21N3O3S/c21-14-7-3-4-11(14)10-18-15(22)8-9-20-16(23)12-5-1-2-6-13(12)19-17(20)24/h1-2,5-6,11,14,21H,3-4,7-10H2,(H,18,22)(H,19,24)/t11-,14-/m0/s1. The van der Waals surface area contributed by atoms with E-state index in [1.165, 1.54) is 4.57 Å². The average Bonchev–Trinajstić information content (AvgIpc) is 2.98. The van der Waals surface area contributed by atoms with E-state index in [2.05, 4.69) is 10.3 Å². The second kappa shape index (κ2) is 7.27. The van der Waals surface area contributed by atoms with Crippen LogP contribution in [0.15, 0.2) is 29.1 Å². The largest absolute Gasteiger partial charge is 0.393 e. The molecule has 1 aromatic heterocycles. The van der Waals surface area contributed by atoms with E-state index < -0.39 is 0 Å². The molecule has 1 saturated carbocycles. The number of hydrogen-bond donors (Lipinski definition) is 3. The average molecular weight is 347 g/mol. The molecule has 2 aromatic rings. The molecule has 7 heteroatoms. The summed E-state index contributed by atoms with van der Waals surface area (Å²) in [7, 11) is 0. The first kappa shape index (κ1) is 16.9. The van der Waals surface area contributed by atoms with Gasteiger partial charge in [0.25, 0.3) is 5.56 Å². The summed E-state index contributed by atoms with van der Waals surface area (Å²) in [6, 6.07) is 7.17. The second-order valence-electron chi connectivity index (χ2n) is 6.24. The quantitative estimate of drug-likeness (QED) is 0.719. The Balaban J connectivity index is 1.64. The third-order valence-electron chi connectivity index (χ3n) is 4.63. The molecule has 6 nitrogen and oxygen atoms in total. The highest BCUT2D eigenvalue weighted by Gasteiger charge is 2.25. The van der Waals surface area contributed by atoms with Gasteiger partial charge in [-0.3, -0.25) is 14.2 Å². The maximum absolute atomic E-state index is 12.5. The number of aromatic nitrogens is 2. The Morgan fingerprint density at radius 3 is 2.92 bits per heavy atom. The van der Waals surface area contributed by atoms with Crippen molar-refractivity contribution in [3.05, 3.63) is 39.4 Å². The molecule has 0 unspecified atom stereocenters. The second-order valence-corrected chi connectivity index (χ2v) is 6.63. The number of nitrogens with one attached hydrogen (secondary N) is 2. The lowest BCUT2D eigenvalue weighted by Gasteiger charge is -2.15. The maximum atomic E-state index is 12.5. The van der Waals surface area contributed by atoms with Gasteiger partial charge in [0.1, 0.15) is 0 Å². The number of para-hydroxylation sites is 1. The minimum atomic E-state index is -0.317. The van der Waals surface area contributed by atoms with Crippen LogP contribution in [-0.4, -0.2) is 33.2 Å². The van der Waals surface area contributed by atoms with Crippen LogP contribution in [0.2, 0.25) is 0 Å². The van der Waals surface area contributed by atoms with E-state index >= 15 is 0 Å². The van der Waals surface area contributed by atoms with Crippen LogP contribution < -0.4 is 10.9 Å². The highest BCUT2D eigenvalue weighted by atomic mass is 32.1. The molecule has 1 aromatic carbocycles. The van der Waals surface area contributed by atoms with Gasteiger partial charge in [0.2, 0.25) is 5.91 Å². The van der Waals surface area contributed by atoms with Crippen molar-refractivity contribution in [2.75, 3.05) is 6.54 Å². The molecule has 2 atom stereocenters. The molecule has 1 aliphatic rings. The molecular weight excluding hydrogens is 326 g/mol. The predicted molar refractivity (Wildman–Crippen MR) is 94.4 cm³/mol. The van der Waals surface area contributed by atoms with Crippen molar-refractivity contribution < 1.29 is 9.90 Å². The number of carbonyl (C=O) groups excluding carboxylic acids is 1. The van der Waals surface area contributed by atoms with E-state index in [0.717, 1.165) is 19.3 Å². The van der Waals surface area contributed by atoms with Gasteiger partial charge < -0.3 is 15.4 Å². The van der Waals surface area contributed by atoms with E-state index in [1.54, 1.807) is 18.2 Å². The van der Waals surface area contributed by atoms with Crippen LogP contribution in [0.3, 0.4) is 0 Å². The molecule has 128 valence electrons. The summed E-state index contributed by atoms with van der Waals surface area (Å²) in [5.74, 6) is 0.00347. The molecule has 1 fully saturated rings. The number of hydrogen-bond acceptors (Lipinski definition) is 4. The lowest BCUT2D eigenvalue weighted by atomic mass is 10.1. The fraction of sp³-hybridized carbons (Fsp3) is 0.471. The molecule has 3 N–H and O–H groups in total. The number of aliphatic hydroxyl groups is 1. The normalized spacial score (nSPS) is 20.4. The zero-order chi connectivity index (χ0) is 17.1. The summed E-state index contributed by atoms with van der Waals surface area (Å²) < 4.78 is 1.74. The molecule has 0 spiro atoms. The Bertz CT molecular complexity index is 858. The Morgan fingerprint density at radius 1 is 1.38 bits per heavy atom. The monoisotopic (exact) mass is 347 g/mol. The van der Waals surface area contributed by atoms with Gasteiger partial charge in [-0.2, -0.15) is 0 Å². The summed E-state index contributed by atoms with van der Waals surface area (Å²) in [5, 5.41) is 13.2. The summed E-state index contributed by atoms with van der Waals surface area (Å²) >= 11 is 5.23. The van der Waals surface area contributed by atoms with Crippen molar-refractivity contribution >= 4 is 29.0 Å². The first-order valence-corrected chi connectivity index (χ1v) is 8.63. The van der Waals surface area contributed by atoms with Gasteiger partial charge in [0, 0.05) is 25.4 Å². The van der Waals surface area contributed by atoms with E-state index in [4.69, 9.17) is 12.2 Å². The highest BCUT2D eigenvalue weighted by molar-refractivity contribution is 7.71. The molecule has 1 aliphatic carbocycles. The Hall–Kier alpha value is -1.99. The van der Waals surface area contributed by atoms with Crippen LogP contribution in [0.5, 0.6) is 0 Å². The number of rotatable bonds is 5. The molecule has 1 heterocycles. The first-order valence-electron chi connectivity index (χ1n) is 8.23. The smallest absolute Gasteiger partial charge is 0.262 e. The van der Waals surface area contributed by atoms with Gasteiger partial charge >= 0.3 is 0 Å². The predicted octanol–water partition coefficient (Wildman–Crippen LogP) is 1.73. The Kier molecular flexibility index (Phi) is 5.11. The van der Waals surface area contributed by atoms with Gasteiger partial charge in [-0.1, -0.05) is 18.6 Å². The van der Waals surface area contributed by atoms with E-state index in [9.17, 15) is 14.7 Å². The van der Waals surface area contributed by atoms with Crippen molar-refractivity contribution in [3.63, 3.8) is 0 Å². The molecular formula is C17H21N3O3S. The molecule has 1 amide bonds. The Morgan fingerprint density at radius 2 is 2.17 bits per heavy atom. The number of H-pyrrole nitrogens is 1. The summed E-state index contributed by atoms with van der Waals surface area (Å²) in [4.78, 5) is 27.5.